The first kappa shape index (κ1) is 9.60. The van der Waals surface area contributed by atoms with Crippen LogP contribution in [0.1, 0.15) is 13.3 Å². The number of nitrogens with two attached hydrogens (primary N) is 1. The van der Waals surface area contributed by atoms with Crippen molar-refractivity contribution in [2.24, 2.45) is 5.73 Å². The number of carbonyl (C=O) groups excluding carboxylic acids is 1. The fourth-order valence-electron chi connectivity index (χ4n) is 0. The van der Waals surface area contributed by atoms with Gasteiger partial charge in [0.25, 0.3) is 0 Å². The van der Waals surface area contributed by atoms with Gasteiger partial charge in [-0.2, -0.15) is 0 Å². The molecule has 3 heteroatoms. The van der Waals surface area contributed by atoms with Crippen molar-refractivity contribution in [2.75, 3.05) is 0 Å². The van der Waals surface area contributed by atoms with Crippen LogP contribution in [0.5, 0.6) is 0 Å². The molecule has 0 aliphatic carbocycles. The Labute approximate surface area is 55.9 Å². The fourth-order valence-corrected chi connectivity index (χ4v) is 0. The normalized spacial score (nSPS) is 6.17. The topological polar surface area (TPSA) is 43.1 Å². The summed E-state index contributed by atoms with van der Waals surface area (Å²) in [5.41, 5.74) is 4.65. The van der Waals surface area contributed by atoms with E-state index in [2.05, 4.69) is 5.73 Å². The zero-order valence-corrected chi connectivity index (χ0v) is 7.29. The number of amides is 1. The van der Waals surface area contributed by atoms with Gasteiger partial charge in [0.1, 0.15) is 0 Å². The van der Waals surface area contributed by atoms with E-state index in [1.165, 1.54) is 0 Å². The van der Waals surface area contributed by atoms with Crippen molar-refractivity contribution >= 4 is 5.91 Å². The molecule has 0 aromatic rings. The van der Waals surface area contributed by atoms with Crippen molar-refractivity contribution in [1.82, 2.24) is 0 Å². The monoisotopic (exact) mass is 253 g/mol. The van der Waals surface area contributed by atoms with E-state index in [0.29, 0.717) is 6.42 Å². The summed E-state index contributed by atoms with van der Waals surface area (Å²) >= 11 is 0. The Morgan fingerprint density at radius 2 is 2.00 bits per heavy atom. The standard InChI is InChI=1S/C3H7NO.Hf/c1-2-3(4)5;/h2H2,1H3,(H2,4,5);. The van der Waals surface area contributed by atoms with Crippen molar-refractivity contribution in [3.05, 3.63) is 0 Å². The molecule has 2 nitrogen and oxygen atoms in total. The molecule has 0 saturated heterocycles. The molecule has 0 heterocycles. The Balaban J connectivity index is 0. The minimum Gasteiger partial charge on any atom is -0.370 e. The van der Waals surface area contributed by atoms with Crippen molar-refractivity contribution in [2.45, 2.75) is 13.3 Å². The molecule has 0 saturated carbocycles. The summed E-state index contributed by atoms with van der Waals surface area (Å²) in [6.45, 7) is 1.72. The van der Waals surface area contributed by atoms with Gasteiger partial charge in [-0.1, -0.05) is 6.92 Å². The Hall–Kier alpha value is 0.340. The predicted octanol–water partition coefficient (Wildman–Crippen LogP) is -0.121. The fraction of sp³-hybridized carbons (Fsp3) is 0.667. The first-order chi connectivity index (χ1) is 2.27. The van der Waals surface area contributed by atoms with Gasteiger partial charge < -0.3 is 5.73 Å². The van der Waals surface area contributed by atoms with Crippen LogP contribution in [0.3, 0.4) is 0 Å². The summed E-state index contributed by atoms with van der Waals surface area (Å²) in [6.07, 6.45) is 0.444. The largest absolute Gasteiger partial charge is 0.370 e. The second-order valence-electron chi connectivity index (χ2n) is 0.820. The van der Waals surface area contributed by atoms with Crippen molar-refractivity contribution in [3.63, 3.8) is 0 Å². The predicted molar refractivity (Wildman–Crippen MR) is 19.5 cm³/mol. The maximum absolute atomic E-state index is 9.59. The van der Waals surface area contributed by atoms with Gasteiger partial charge >= 0.3 is 0 Å². The average Bonchev–Trinajstić information content (AvgIpc) is 1.38. The quantitative estimate of drug-likeness (QED) is 0.649. The second kappa shape index (κ2) is 5.34. The van der Waals surface area contributed by atoms with E-state index in [-0.39, 0.29) is 31.8 Å². The van der Waals surface area contributed by atoms with E-state index in [9.17, 15) is 4.79 Å². The van der Waals surface area contributed by atoms with Crippen LogP contribution < -0.4 is 5.73 Å². The first-order valence-corrected chi connectivity index (χ1v) is 1.55. The summed E-state index contributed by atoms with van der Waals surface area (Å²) in [6, 6.07) is 0. The molecule has 0 aliphatic heterocycles. The van der Waals surface area contributed by atoms with Gasteiger partial charge in [-0.15, -0.1) is 0 Å². The smallest absolute Gasteiger partial charge is 0.217 e. The third-order valence-electron chi connectivity index (χ3n) is 0.348. The molecular formula is C3H7HfNO. The molecule has 0 radical (unpaired) electrons. The molecule has 0 rings (SSSR count). The Kier molecular flexibility index (Phi) is 8.54. The summed E-state index contributed by atoms with van der Waals surface area (Å²) in [7, 11) is 0. The molecule has 0 atom stereocenters. The molecule has 0 bridgehead atoms. The number of rotatable bonds is 1. The zero-order chi connectivity index (χ0) is 4.28. The molecule has 34 valence electrons. The van der Waals surface area contributed by atoms with Crippen LogP contribution in [0, 0.1) is 0 Å². The Bertz CT molecular complexity index is 46.1. The van der Waals surface area contributed by atoms with Gasteiger partial charge in [-0.3, -0.25) is 4.79 Å². The van der Waals surface area contributed by atoms with Gasteiger partial charge in [-0.05, 0) is 0 Å². The van der Waals surface area contributed by atoms with Crippen molar-refractivity contribution in [3.8, 4) is 0 Å². The zero-order valence-electron chi connectivity index (χ0n) is 3.69. The summed E-state index contributed by atoms with van der Waals surface area (Å²) < 4.78 is 0. The van der Waals surface area contributed by atoms with Crippen molar-refractivity contribution < 1.29 is 30.6 Å². The van der Waals surface area contributed by atoms with Crippen LogP contribution >= 0.6 is 0 Å². The van der Waals surface area contributed by atoms with E-state index in [1.54, 1.807) is 6.92 Å². The minimum absolute atomic E-state index is 0. The van der Waals surface area contributed by atoms with Crippen LogP contribution in [0.15, 0.2) is 0 Å². The third kappa shape index (κ3) is 8.84. The van der Waals surface area contributed by atoms with Crippen LogP contribution in [0.2, 0.25) is 0 Å². The molecule has 1 amide bonds. The SMILES string of the molecule is CCC(N)=O.[Hf]. The maximum Gasteiger partial charge on any atom is 0.217 e. The molecule has 0 aromatic carbocycles. The Morgan fingerprint density at radius 3 is 2.00 bits per heavy atom. The van der Waals surface area contributed by atoms with E-state index >= 15 is 0 Å². The molecular weight excluding hydrogens is 245 g/mol. The van der Waals surface area contributed by atoms with Gasteiger partial charge in [0.2, 0.25) is 5.91 Å². The van der Waals surface area contributed by atoms with E-state index < -0.39 is 0 Å². The number of carbonyl (C=O) groups is 1. The summed E-state index contributed by atoms with van der Waals surface area (Å²) in [5, 5.41) is 0. The van der Waals surface area contributed by atoms with Gasteiger partial charge in [-0.25, -0.2) is 0 Å². The van der Waals surface area contributed by atoms with Crippen LogP contribution in [0.25, 0.3) is 0 Å². The minimum atomic E-state index is -0.245. The molecule has 6 heavy (non-hydrogen) atoms. The molecule has 0 aromatic heterocycles. The summed E-state index contributed by atoms with van der Waals surface area (Å²) in [5.74, 6) is -0.245. The number of primary amides is 1. The van der Waals surface area contributed by atoms with E-state index in [4.69, 9.17) is 0 Å². The Morgan fingerprint density at radius 1 is 1.83 bits per heavy atom. The van der Waals surface area contributed by atoms with Gasteiger partial charge in [0.15, 0.2) is 0 Å². The molecule has 2 N–H and O–H groups in total. The van der Waals surface area contributed by atoms with Gasteiger partial charge in [0.05, 0.1) is 0 Å². The molecule has 0 aliphatic rings. The van der Waals surface area contributed by atoms with Crippen LogP contribution in [0.4, 0.5) is 0 Å². The first-order valence-electron chi connectivity index (χ1n) is 1.55. The number of hydrogen-bond acceptors (Lipinski definition) is 1. The van der Waals surface area contributed by atoms with E-state index in [0.717, 1.165) is 0 Å². The van der Waals surface area contributed by atoms with Gasteiger partial charge in [0, 0.05) is 32.3 Å². The van der Waals surface area contributed by atoms with Crippen LogP contribution in [-0.2, 0) is 30.6 Å². The van der Waals surface area contributed by atoms with Crippen LogP contribution in [-0.4, -0.2) is 5.91 Å². The van der Waals surface area contributed by atoms with Crippen molar-refractivity contribution in [1.29, 1.82) is 0 Å². The number of hydrogen-bond donors (Lipinski definition) is 1. The maximum atomic E-state index is 9.59. The average molecular weight is 252 g/mol. The molecule has 0 spiro atoms. The second-order valence-corrected chi connectivity index (χ2v) is 0.820. The molecule has 0 fully saturated rings. The summed E-state index contributed by atoms with van der Waals surface area (Å²) in [4.78, 5) is 9.59. The van der Waals surface area contributed by atoms with E-state index in [1.807, 2.05) is 0 Å². The molecule has 0 unspecified atom stereocenters. The third-order valence-corrected chi connectivity index (χ3v) is 0.348.